The van der Waals surface area contributed by atoms with Crippen LogP contribution >= 0.6 is 0 Å². The quantitative estimate of drug-likeness (QED) is 0.401. The first kappa shape index (κ1) is 22.7. The molecule has 0 aromatic heterocycles. The van der Waals surface area contributed by atoms with E-state index in [9.17, 15) is 14.9 Å². The molecule has 0 saturated carbocycles. The van der Waals surface area contributed by atoms with E-state index >= 15 is 0 Å². The Bertz CT molecular complexity index is 933. The summed E-state index contributed by atoms with van der Waals surface area (Å²) in [5.41, 5.74) is 3.37. The second-order valence-electron chi connectivity index (χ2n) is 7.38. The van der Waals surface area contributed by atoms with E-state index in [0.29, 0.717) is 11.5 Å². The van der Waals surface area contributed by atoms with Gasteiger partial charge in [0.2, 0.25) is 0 Å². The van der Waals surface area contributed by atoms with Crippen LogP contribution in [0, 0.1) is 10.1 Å². The van der Waals surface area contributed by atoms with Crippen LogP contribution in [-0.2, 0) is 10.2 Å². The molecule has 2 aromatic carbocycles. The molecule has 0 radical (unpaired) electrons. The number of carbonyl (C=O) groups excluding carboxylic acids is 1. The summed E-state index contributed by atoms with van der Waals surface area (Å²) in [6.45, 7) is 6.07. The average Bonchev–Trinajstić information content (AvgIpc) is 2.71. The highest BCUT2D eigenvalue weighted by atomic mass is 16.6. The maximum atomic E-state index is 11.9. The van der Waals surface area contributed by atoms with Crippen molar-refractivity contribution in [2.45, 2.75) is 26.2 Å². The molecule has 0 fully saturated rings. The predicted molar refractivity (Wildman–Crippen MR) is 113 cm³/mol. The lowest BCUT2D eigenvalue weighted by atomic mass is 9.87. The fraction of sp³-hybridized carbons (Fsp3) is 0.333. The van der Waals surface area contributed by atoms with Gasteiger partial charge in [0, 0.05) is 0 Å². The Kier molecular flexibility index (Phi) is 7.35. The molecule has 160 valence electrons. The smallest absolute Gasteiger partial charge is 0.282 e. The first-order valence-corrected chi connectivity index (χ1v) is 9.11. The normalized spacial score (nSPS) is 11.2. The van der Waals surface area contributed by atoms with E-state index in [1.54, 1.807) is 12.1 Å². The van der Waals surface area contributed by atoms with Gasteiger partial charge in [-0.15, -0.1) is 0 Å². The molecule has 0 unspecified atom stereocenters. The van der Waals surface area contributed by atoms with Crippen molar-refractivity contribution in [3.8, 4) is 17.2 Å². The predicted octanol–water partition coefficient (Wildman–Crippen LogP) is 3.44. The first-order valence-electron chi connectivity index (χ1n) is 9.11. The third-order valence-electron chi connectivity index (χ3n) is 4.21. The summed E-state index contributed by atoms with van der Waals surface area (Å²) in [5.74, 6) is 0.570. The SMILES string of the molecule is COc1cc(/C=N\NC(=O)COc2ccc(C(C)(C)C)cc2)c([N+](=O)[O-])cc1OC. The molecular weight excluding hydrogens is 390 g/mol. The van der Waals surface area contributed by atoms with Crippen molar-refractivity contribution in [3.63, 3.8) is 0 Å². The lowest BCUT2D eigenvalue weighted by molar-refractivity contribution is -0.385. The molecule has 2 rings (SSSR count). The monoisotopic (exact) mass is 415 g/mol. The number of nitro groups is 1. The zero-order valence-corrected chi connectivity index (χ0v) is 17.6. The summed E-state index contributed by atoms with van der Waals surface area (Å²) in [6, 6.07) is 10.1. The van der Waals surface area contributed by atoms with Gasteiger partial charge in [0.25, 0.3) is 11.6 Å². The van der Waals surface area contributed by atoms with Crippen LogP contribution in [0.4, 0.5) is 5.69 Å². The summed E-state index contributed by atoms with van der Waals surface area (Å²) in [7, 11) is 2.80. The lowest BCUT2D eigenvalue weighted by Gasteiger charge is -2.19. The molecule has 0 atom stereocenters. The molecule has 0 spiro atoms. The highest BCUT2D eigenvalue weighted by Crippen LogP contribution is 2.33. The zero-order valence-electron chi connectivity index (χ0n) is 17.6. The summed E-state index contributed by atoms with van der Waals surface area (Å²) in [4.78, 5) is 22.6. The van der Waals surface area contributed by atoms with Crippen LogP contribution in [0.25, 0.3) is 0 Å². The van der Waals surface area contributed by atoms with Gasteiger partial charge in [-0.25, -0.2) is 5.43 Å². The van der Waals surface area contributed by atoms with Crippen molar-refractivity contribution >= 4 is 17.8 Å². The van der Waals surface area contributed by atoms with Crippen LogP contribution in [0.1, 0.15) is 31.9 Å². The van der Waals surface area contributed by atoms with Crippen LogP contribution in [0.5, 0.6) is 17.2 Å². The van der Waals surface area contributed by atoms with Gasteiger partial charge >= 0.3 is 0 Å². The molecule has 0 saturated heterocycles. The number of benzene rings is 2. The van der Waals surface area contributed by atoms with E-state index in [0.717, 1.165) is 11.8 Å². The standard InChI is InChI=1S/C21H25N3O6/c1-21(2,3)15-6-8-16(9-7-15)30-13-20(25)23-22-12-14-10-18(28-4)19(29-5)11-17(14)24(26)27/h6-12H,13H2,1-5H3,(H,23,25)/b22-12-. The van der Waals surface area contributed by atoms with Crippen molar-refractivity contribution in [3.05, 3.63) is 57.6 Å². The van der Waals surface area contributed by atoms with E-state index in [4.69, 9.17) is 14.2 Å². The van der Waals surface area contributed by atoms with Crippen molar-refractivity contribution in [1.82, 2.24) is 5.43 Å². The Hall–Kier alpha value is -3.62. The molecule has 1 N–H and O–H groups in total. The molecule has 0 aliphatic carbocycles. The van der Waals surface area contributed by atoms with Gasteiger partial charge in [0.1, 0.15) is 5.75 Å². The molecule has 30 heavy (non-hydrogen) atoms. The second-order valence-corrected chi connectivity index (χ2v) is 7.38. The largest absolute Gasteiger partial charge is 0.493 e. The Labute approximate surface area is 174 Å². The van der Waals surface area contributed by atoms with Gasteiger partial charge in [0.05, 0.1) is 37.0 Å². The number of nitro benzene ring substituents is 1. The third kappa shape index (κ3) is 5.94. The lowest BCUT2D eigenvalue weighted by Crippen LogP contribution is -2.24. The highest BCUT2D eigenvalue weighted by molar-refractivity contribution is 5.88. The molecule has 9 nitrogen and oxygen atoms in total. The van der Waals surface area contributed by atoms with Crippen LogP contribution < -0.4 is 19.6 Å². The number of hydrogen-bond acceptors (Lipinski definition) is 7. The van der Waals surface area contributed by atoms with Crippen molar-refractivity contribution in [2.75, 3.05) is 20.8 Å². The molecule has 0 heterocycles. The van der Waals surface area contributed by atoms with Gasteiger partial charge in [-0.05, 0) is 29.2 Å². The van der Waals surface area contributed by atoms with Crippen LogP contribution in [0.2, 0.25) is 0 Å². The molecule has 0 aliphatic rings. The number of hydrogen-bond donors (Lipinski definition) is 1. The number of nitrogens with zero attached hydrogens (tertiary/aromatic N) is 2. The molecule has 9 heteroatoms. The number of methoxy groups -OCH3 is 2. The van der Waals surface area contributed by atoms with Gasteiger partial charge in [-0.3, -0.25) is 14.9 Å². The topological polar surface area (TPSA) is 112 Å². The molecular formula is C21H25N3O6. The van der Waals surface area contributed by atoms with Crippen LogP contribution in [-0.4, -0.2) is 37.9 Å². The van der Waals surface area contributed by atoms with E-state index in [2.05, 4.69) is 31.3 Å². The maximum absolute atomic E-state index is 11.9. The summed E-state index contributed by atoms with van der Waals surface area (Å²) in [5, 5.41) is 15.0. The van der Waals surface area contributed by atoms with Crippen molar-refractivity contribution < 1.29 is 23.9 Å². The fourth-order valence-corrected chi connectivity index (χ4v) is 2.55. The number of hydrazone groups is 1. The molecule has 0 bridgehead atoms. The minimum Gasteiger partial charge on any atom is -0.493 e. The zero-order chi connectivity index (χ0) is 22.3. The number of carbonyl (C=O) groups is 1. The van der Waals surface area contributed by atoms with E-state index < -0.39 is 10.8 Å². The first-order chi connectivity index (χ1) is 14.2. The highest BCUT2D eigenvalue weighted by Gasteiger charge is 2.18. The minimum absolute atomic E-state index is 0.0252. The van der Waals surface area contributed by atoms with Crippen molar-refractivity contribution in [1.29, 1.82) is 0 Å². The van der Waals surface area contributed by atoms with Gasteiger partial charge in [-0.2, -0.15) is 5.10 Å². The Balaban J connectivity index is 2.00. The van der Waals surface area contributed by atoms with E-state index in [1.165, 1.54) is 26.4 Å². The fourth-order valence-electron chi connectivity index (χ4n) is 2.55. The van der Waals surface area contributed by atoms with Crippen LogP contribution in [0.3, 0.4) is 0 Å². The Morgan fingerprint density at radius 2 is 1.73 bits per heavy atom. The third-order valence-corrected chi connectivity index (χ3v) is 4.21. The molecule has 1 amide bonds. The summed E-state index contributed by atoms with van der Waals surface area (Å²) < 4.78 is 15.6. The van der Waals surface area contributed by atoms with Gasteiger partial charge in [0.15, 0.2) is 18.1 Å². The number of nitrogens with one attached hydrogen (secondary N) is 1. The average molecular weight is 415 g/mol. The number of amides is 1. The summed E-state index contributed by atoms with van der Waals surface area (Å²) >= 11 is 0. The Morgan fingerprint density at radius 3 is 2.27 bits per heavy atom. The second kappa shape index (κ2) is 9.73. The van der Waals surface area contributed by atoms with E-state index in [-0.39, 0.29) is 29.0 Å². The number of ether oxygens (including phenoxy) is 3. The van der Waals surface area contributed by atoms with Gasteiger partial charge in [-0.1, -0.05) is 32.9 Å². The van der Waals surface area contributed by atoms with E-state index in [1.807, 2.05) is 12.1 Å². The van der Waals surface area contributed by atoms with Gasteiger partial charge < -0.3 is 14.2 Å². The Morgan fingerprint density at radius 1 is 1.13 bits per heavy atom. The van der Waals surface area contributed by atoms with Crippen LogP contribution in [0.15, 0.2) is 41.5 Å². The minimum atomic E-state index is -0.574. The summed E-state index contributed by atoms with van der Waals surface area (Å²) in [6.07, 6.45) is 1.16. The number of rotatable bonds is 8. The van der Waals surface area contributed by atoms with Crippen molar-refractivity contribution in [2.24, 2.45) is 5.10 Å². The molecule has 0 aliphatic heterocycles. The maximum Gasteiger partial charge on any atom is 0.282 e. The molecule has 2 aromatic rings.